The van der Waals surface area contributed by atoms with Crippen LogP contribution < -0.4 is 16.0 Å². The summed E-state index contributed by atoms with van der Waals surface area (Å²) < 4.78 is 0. The van der Waals surface area contributed by atoms with Crippen molar-refractivity contribution in [3.8, 4) is 0 Å². The van der Waals surface area contributed by atoms with Crippen LogP contribution >= 0.6 is 11.8 Å². The summed E-state index contributed by atoms with van der Waals surface area (Å²) in [6, 6.07) is -1.30. The average molecular weight is 444 g/mol. The third-order valence-electron chi connectivity index (χ3n) is 4.94. The third kappa shape index (κ3) is 13.6. The lowest BCUT2D eigenvalue weighted by Gasteiger charge is -2.29. The van der Waals surface area contributed by atoms with Crippen molar-refractivity contribution in [1.29, 1.82) is 0 Å². The Morgan fingerprint density at radius 3 is 2.10 bits per heavy atom. The first-order valence-electron chi connectivity index (χ1n) is 10.8. The van der Waals surface area contributed by atoms with Gasteiger partial charge in [-0.1, -0.05) is 59.8 Å². The monoisotopic (exact) mass is 443 g/mol. The van der Waals surface area contributed by atoms with Crippen molar-refractivity contribution in [3.05, 3.63) is 0 Å². The van der Waals surface area contributed by atoms with E-state index in [1.54, 1.807) is 11.8 Å². The lowest BCUT2D eigenvalue weighted by molar-refractivity contribution is -0.132. The molecule has 0 aromatic rings. The molecule has 0 saturated heterocycles. The summed E-state index contributed by atoms with van der Waals surface area (Å²) in [7, 11) is 0. The zero-order valence-corrected chi connectivity index (χ0v) is 20.3. The quantitative estimate of drug-likeness (QED) is 0.475. The van der Waals surface area contributed by atoms with Gasteiger partial charge in [0.05, 0.1) is 12.6 Å². The zero-order chi connectivity index (χ0) is 23.2. The molecule has 3 N–H and O–H groups in total. The third-order valence-corrected chi connectivity index (χ3v) is 5.58. The lowest BCUT2D eigenvalue weighted by atomic mass is 9.86. The molecule has 3 amide bonds. The highest BCUT2D eigenvalue weighted by Crippen LogP contribution is 2.22. The van der Waals surface area contributed by atoms with E-state index in [1.807, 2.05) is 27.0 Å². The second kappa shape index (κ2) is 15.3. The summed E-state index contributed by atoms with van der Waals surface area (Å²) in [6.45, 7) is 8.90. The topological polar surface area (TPSA) is 104 Å². The molecule has 2 unspecified atom stereocenters. The Labute approximate surface area is 186 Å². The Balaban J connectivity index is 0.000001000. The van der Waals surface area contributed by atoms with Crippen LogP contribution in [0.4, 0.5) is 0 Å². The first-order valence-corrected chi connectivity index (χ1v) is 12.2. The molecule has 0 bridgehead atoms. The highest BCUT2D eigenvalue weighted by Gasteiger charge is 2.32. The molecule has 174 valence electrons. The van der Waals surface area contributed by atoms with Crippen LogP contribution in [0.25, 0.3) is 0 Å². The maximum Gasteiger partial charge on any atom is 0.243 e. The fourth-order valence-corrected chi connectivity index (χ4v) is 3.62. The van der Waals surface area contributed by atoms with Crippen LogP contribution in [0.3, 0.4) is 0 Å². The predicted octanol–water partition coefficient (Wildman–Crippen LogP) is 2.68. The van der Waals surface area contributed by atoms with Gasteiger partial charge < -0.3 is 20.7 Å². The van der Waals surface area contributed by atoms with Crippen LogP contribution in [-0.2, 0) is 19.2 Å². The average Bonchev–Trinajstić information content (AvgIpc) is 2.67. The number of nitrogens with one attached hydrogen (secondary N) is 3. The molecular formula is C22H41N3O4S. The van der Waals surface area contributed by atoms with E-state index in [4.69, 9.17) is 0 Å². The van der Waals surface area contributed by atoms with Gasteiger partial charge in [0.15, 0.2) is 0 Å². The van der Waals surface area contributed by atoms with Crippen LogP contribution in [-0.4, -0.2) is 54.6 Å². The van der Waals surface area contributed by atoms with Gasteiger partial charge in [0.25, 0.3) is 0 Å². The molecule has 0 aromatic heterocycles. The molecule has 0 radical (unpaired) electrons. The summed E-state index contributed by atoms with van der Waals surface area (Å²) in [5, 5.41) is 7.63. The van der Waals surface area contributed by atoms with Crippen molar-refractivity contribution in [2.75, 3.05) is 18.6 Å². The zero-order valence-electron chi connectivity index (χ0n) is 19.5. The van der Waals surface area contributed by atoms with E-state index in [1.165, 1.54) is 39.0 Å². The Hall–Kier alpha value is -1.57. The molecule has 0 heterocycles. The fourth-order valence-electron chi connectivity index (χ4n) is 3.13. The number of amides is 3. The molecule has 1 fully saturated rings. The first kappa shape index (κ1) is 28.4. The van der Waals surface area contributed by atoms with E-state index in [9.17, 15) is 19.2 Å². The molecular weight excluding hydrogens is 402 g/mol. The summed E-state index contributed by atoms with van der Waals surface area (Å²) >= 11 is 1.58. The van der Waals surface area contributed by atoms with Gasteiger partial charge in [-0.25, -0.2) is 0 Å². The minimum Gasteiger partial charge on any atom is -0.345 e. The standard InChI is InChI=1S/C15H27N3O4S.C7H14/c1-10(20)17-13(15(2,3)4)14(22)16-8-12(21)18-11(9-19)6-7-23-5;1-7-5-3-2-4-6-7/h9,11,13H,6-8H2,1-5H3,(H,16,22)(H,17,20)(H,18,21);7H,2-6H2,1H3. The van der Waals surface area contributed by atoms with Crippen LogP contribution in [0.5, 0.6) is 0 Å². The van der Waals surface area contributed by atoms with Crippen molar-refractivity contribution in [3.63, 3.8) is 0 Å². The van der Waals surface area contributed by atoms with Gasteiger partial charge in [0.1, 0.15) is 12.3 Å². The Kier molecular flexibility index (Phi) is 14.5. The number of hydrogen-bond acceptors (Lipinski definition) is 5. The number of hydrogen-bond donors (Lipinski definition) is 3. The maximum atomic E-state index is 12.2. The van der Waals surface area contributed by atoms with Gasteiger partial charge in [-0.3, -0.25) is 14.4 Å². The molecule has 1 saturated carbocycles. The van der Waals surface area contributed by atoms with Gasteiger partial charge >= 0.3 is 0 Å². The van der Waals surface area contributed by atoms with E-state index >= 15 is 0 Å². The van der Waals surface area contributed by atoms with Gasteiger partial charge in [-0.15, -0.1) is 0 Å². The van der Waals surface area contributed by atoms with Gasteiger partial charge in [0, 0.05) is 6.92 Å². The van der Waals surface area contributed by atoms with Crippen molar-refractivity contribution in [1.82, 2.24) is 16.0 Å². The molecule has 7 nitrogen and oxygen atoms in total. The first-order chi connectivity index (χ1) is 14.0. The molecule has 0 aromatic carbocycles. The molecule has 1 aliphatic carbocycles. The Morgan fingerprint density at radius 1 is 1.10 bits per heavy atom. The van der Waals surface area contributed by atoms with Crippen LogP contribution in [0.2, 0.25) is 0 Å². The predicted molar refractivity (Wildman–Crippen MR) is 123 cm³/mol. The summed E-state index contributed by atoms with van der Waals surface area (Å²) in [5.41, 5.74) is -0.490. The maximum absolute atomic E-state index is 12.2. The SMILES string of the molecule is CC1CCCCC1.CSCCC(C=O)NC(=O)CNC(=O)C(NC(C)=O)C(C)(C)C. The highest BCUT2D eigenvalue weighted by atomic mass is 32.2. The van der Waals surface area contributed by atoms with Crippen LogP contribution in [0.15, 0.2) is 0 Å². The molecule has 2 atom stereocenters. The van der Waals surface area contributed by atoms with E-state index in [0.717, 1.165) is 11.7 Å². The Morgan fingerprint density at radius 2 is 1.70 bits per heavy atom. The van der Waals surface area contributed by atoms with Crippen molar-refractivity contribution in [2.45, 2.75) is 85.2 Å². The van der Waals surface area contributed by atoms with Gasteiger partial charge in [-0.2, -0.15) is 11.8 Å². The van der Waals surface area contributed by atoms with Gasteiger partial charge in [-0.05, 0) is 29.8 Å². The van der Waals surface area contributed by atoms with E-state index in [2.05, 4.69) is 22.9 Å². The van der Waals surface area contributed by atoms with E-state index < -0.39 is 29.3 Å². The minimum absolute atomic E-state index is 0.241. The lowest BCUT2D eigenvalue weighted by Crippen LogP contribution is -2.54. The smallest absolute Gasteiger partial charge is 0.243 e. The van der Waals surface area contributed by atoms with Crippen LogP contribution in [0.1, 0.15) is 73.1 Å². The number of aldehydes is 1. The molecule has 0 spiro atoms. The molecule has 1 rings (SSSR count). The van der Waals surface area contributed by atoms with Gasteiger partial charge in [0.2, 0.25) is 17.7 Å². The fraction of sp³-hybridized carbons (Fsp3) is 0.818. The van der Waals surface area contributed by atoms with Crippen LogP contribution in [0, 0.1) is 11.3 Å². The number of rotatable bonds is 9. The normalized spacial score (nSPS) is 16.3. The summed E-state index contributed by atoms with van der Waals surface area (Å²) in [4.78, 5) is 46.1. The molecule has 0 aliphatic heterocycles. The van der Waals surface area contributed by atoms with Crippen molar-refractivity contribution in [2.24, 2.45) is 11.3 Å². The van der Waals surface area contributed by atoms with Crippen molar-refractivity contribution >= 4 is 35.8 Å². The molecule has 30 heavy (non-hydrogen) atoms. The minimum atomic E-state index is -0.744. The number of carbonyl (C=O) groups excluding carboxylic acids is 4. The second-order valence-corrected chi connectivity index (χ2v) is 10.0. The molecule has 8 heteroatoms. The highest BCUT2D eigenvalue weighted by molar-refractivity contribution is 7.98. The summed E-state index contributed by atoms with van der Waals surface area (Å²) in [6.07, 6.45) is 10.6. The molecule has 1 aliphatic rings. The van der Waals surface area contributed by atoms with E-state index in [0.29, 0.717) is 12.7 Å². The second-order valence-electron chi connectivity index (χ2n) is 9.05. The largest absolute Gasteiger partial charge is 0.345 e. The Bertz CT molecular complexity index is 543. The summed E-state index contributed by atoms with van der Waals surface area (Å²) in [5.74, 6) is 0.600. The number of thioether (sulfide) groups is 1. The van der Waals surface area contributed by atoms with Crippen molar-refractivity contribution < 1.29 is 19.2 Å². The van der Waals surface area contributed by atoms with E-state index in [-0.39, 0.29) is 12.5 Å². The number of carbonyl (C=O) groups is 4.